The number of nitrogens with zero attached hydrogens (tertiary/aromatic N) is 2. The molecule has 0 saturated heterocycles. The van der Waals surface area contributed by atoms with Gasteiger partial charge in [-0.05, 0) is 18.7 Å². The molecule has 0 spiro atoms. The number of ether oxygens (including phenoxy) is 1. The normalized spacial score (nSPS) is 10.3. The standard InChI is InChI=1S/C9H9N3O2S2/c1-2-14-7(13)6-5-11-8(12-6)16-9-10-3-4-15-9/h3-5H,2H2,1H3,(H,11,12). The van der Waals surface area contributed by atoms with E-state index in [1.54, 1.807) is 13.1 Å². The topological polar surface area (TPSA) is 67.9 Å². The Bertz CT molecular complexity index is 467. The third-order valence-corrected chi connectivity index (χ3v) is 3.43. The van der Waals surface area contributed by atoms with Gasteiger partial charge in [-0.1, -0.05) is 0 Å². The molecule has 0 aliphatic heterocycles. The molecule has 0 atom stereocenters. The summed E-state index contributed by atoms with van der Waals surface area (Å²) in [6.07, 6.45) is 3.19. The smallest absolute Gasteiger partial charge is 0.356 e. The van der Waals surface area contributed by atoms with Gasteiger partial charge in [-0.15, -0.1) is 11.3 Å². The first kappa shape index (κ1) is 11.2. The maximum atomic E-state index is 11.3. The molecule has 0 aliphatic rings. The highest BCUT2D eigenvalue weighted by Gasteiger charge is 2.11. The Hall–Kier alpha value is -1.34. The van der Waals surface area contributed by atoms with Crippen LogP contribution in [0.2, 0.25) is 0 Å². The van der Waals surface area contributed by atoms with E-state index in [-0.39, 0.29) is 5.97 Å². The monoisotopic (exact) mass is 255 g/mol. The van der Waals surface area contributed by atoms with Crippen molar-refractivity contribution in [2.75, 3.05) is 6.61 Å². The summed E-state index contributed by atoms with van der Waals surface area (Å²) >= 11 is 2.90. The maximum absolute atomic E-state index is 11.3. The van der Waals surface area contributed by atoms with Gasteiger partial charge in [0.2, 0.25) is 0 Å². The van der Waals surface area contributed by atoms with Crippen LogP contribution in [0.4, 0.5) is 0 Å². The minimum absolute atomic E-state index is 0.354. The van der Waals surface area contributed by atoms with Crippen molar-refractivity contribution in [2.24, 2.45) is 0 Å². The summed E-state index contributed by atoms with van der Waals surface area (Å²) in [7, 11) is 0. The first-order valence-electron chi connectivity index (χ1n) is 4.59. The number of hydrogen-bond donors (Lipinski definition) is 1. The SMILES string of the molecule is CCOC(=O)c1cnc(Sc2nccs2)[nH]1. The van der Waals surface area contributed by atoms with Crippen molar-refractivity contribution < 1.29 is 9.53 Å². The average molecular weight is 255 g/mol. The summed E-state index contributed by atoms with van der Waals surface area (Å²) in [5.41, 5.74) is 0.362. The number of thiazole rings is 1. The lowest BCUT2D eigenvalue weighted by atomic mass is 10.5. The summed E-state index contributed by atoms with van der Waals surface area (Å²) in [6.45, 7) is 2.12. The average Bonchev–Trinajstić information content (AvgIpc) is 2.90. The van der Waals surface area contributed by atoms with E-state index in [2.05, 4.69) is 15.0 Å². The number of aromatic nitrogens is 3. The highest BCUT2D eigenvalue weighted by Crippen LogP contribution is 2.26. The molecule has 0 saturated carbocycles. The van der Waals surface area contributed by atoms with Crippen molar-refractivity contribution in [3.05, 3.63) is 23.5 Å². The molecule has 2 heterocycles. The zero-order valence-corrected chi connectivity index (χ0v) is 10.1. The number of esters is 1. The van der Waals surface area contributed by atoms with Crippen molar-refractivity contribution in [3.8, 4) is 0 Å². The number of aromatic amines is 1. The fraction of sp³-hybridized carbons (Fsp3) is 0.222. The van der Waals surface area contributed by atoms with E-state index in [0.717, 1.165) is 4.34 Å². The van der Waals surface area contributed by atoms with Gasteiger partial charge in [0.1, 0.15) is 5.69 Å². The van der Waals surface area contributed by atoms with Gasteiger partial charge in [0.05, 0.1) is 12.8 Å². The molecule has 16 heavy (non-hydrogen) atoms. The number of H-pyrrole nitrogens is 1. The molecule has 2 aromatic heterocycles. The van der Waals surface area contributed by atoms with E-state index in [1.165, 1.54) is 29.3 Å². The van der Waals surface area contributed by atoms with Gasteiger partial charge in [0.15, 0.2) is 9.50 Å². The first-order valence-corrected chi connectivity index (χ1v) is 6.28. The number of carbonyl (C=O) groups is 1. The summed E-state index contributed by atoms with van der Waals surface area (Å²) in [5, 5.41) is 2.52. The molecule has 0 amide bonds. The fourth-order valence-corrected chi connectivity index (χ4v) is 2.51. The summed E-state index contributed by atoms with van der Waals surface area (Å²) in [6, 6.07) is 0. The maximum Gasteiger partial charge on any atom is 0.356 e. The predicted octanol–water partition coefficient (Wildman–Crippen LogP) is 2.19. The molecule has 7 heteroatoms. The van der Waals surface area contributed by atoms with Gasteiger partial charge in [-0.25, -0.2) is 14.8 Å². The minimum Gasteiger partial charge on any atom is -0.461 e. The number of imidazole rings is 1. The zero-order chi connectivity index (χ0) is 11.4. The molecule has 0 fully saturated rings. The second-order valence-electron chi connectivity index (χ2n) is 2.72. The van der Waals surface area contributed by atoms with Gasteiger partial charge >= 0.3 is 5.97 Å². The predicted molar refractivity (Wildman–Crippen MR) is 60.8 cm³/mol. The molecule has 2 rings (SSSR count). The van der Waals surface area contributed by atoms with Crippen LogP contribution in [-0.2, 0) is 4.74 Å². The lowest BCUT2D eigenvalue weighted by molar-refractivity contribution is 0.0519. The van der Waals surface area contributed by atoms with E-state index < -0.39 is 0 Å². The molecule has 5 nitrogen and oxygen atoms in total. The number of rotatable bonds is 4. The van der Waals surface area contributed by atoms with Crippen LogP contribution in [0.1, 0.15) is 17.4 Å². The lowest BCUT2D eigenvalue weighted by Crippen LogP contribution is -2.04. The fourth-order valence-electron chi connectivity index (χ4n) is 1.01. The van der Waals surface area contributed by atoms with E-state index >= 15 is 0 Å². The summed E-state index contributed by atoms with van der Waals surface area (Å²) < 4.78 is 5.72. The van der Waals surface area contributed by atoms with E-state index in [1.807, 2.05) is 5.38 Å². The quantitative estimate of drug-likeness (QED) is 0.848. The Morgan fingerprint density at radius 1 is 1.62 bits per heavy atom. The van der Waals surface area contributed by atoms with Crippen molar-refractivity contribution >= 4 is 29.1 Å². The van der Waals surface area contributed by atoms with Gasteiger partial charge in [0, 0.05) is 11.6 Å². The molecule has 0 unspecified atom stereocenters. The Balaban J connectivity index is 2.05. The van der Waals surface area contributed by atoms with Crippen LogP contribution < -0.4 is 0 Å². The molecular weight excluding hydrogens is 246 g/mol. The van der Waals surface area contributed by atoms with Gasteiger partial charge in [-0.3, -0.25) is 0 Å². The van der Waals surface area contributed by atoms with Gasteiger partial charge < -0.3 is 9.72 Å². The highest BCUT2D eigenvalue weighted by molar-refractivity contribution is 8.00. The molecule has 0 aromatic carbocycles. The third kappa shape index (κ3) is 2.61. The van der Waals surface area contributed by atoms with Crippen LogP contribution in [0.15, 0.2) is 27.3 Å². The van der Waals surface area contributed by atoms with Gasteiger partial charge in [0.25, 0.3) is 0 Å². The van der Waals surface area contributed by atoms with Crippen LogP contribution in [0, 0.1) is 0 Å². The Morgan fingerprint density at radius 3 is 3.19 bits per heavy atom. The minimum atomic E-state index is -0.388. The molecule has 1 N–H and O–H groups in total. The Morgan fingerprint density at radius 2 is 2.50 bits per heavy atom. The van der Waals surface area contributed by atoms with Gasteiger partial charge in [-0.2, -0.15) is 0 Å². The summed E-state index contributed by atoms with van der Waals surface area (Å²) in [4.78, 5) is 22.4. The van der Waals surface area contributed by atoms with Crippen LogP contribution in [0.5, 0.6) is 0 Å². The molecule has 0 bridgehead atoms. The Labute approximate surface area is 100 Å². The highest BCUT2D eigenvalue weighted by atomic mass is 32.2. The van der Waals surface area contributed by atoms with Crippen molar-refractivity contribution in [3.63, 3.8) is 0 Å². The first-order chi connectivity index (χ1) is 7.79. The summed E-state index contributed by atoms with van der Waals surface area (Å²) in [5.74, 6) is -0.388. The Kier molecular flexibility index (Phi) is 3.58. The van der Waals surface area contributed by atoms with Crippen molar-refractivity contribution in [2.45, 2.75) is 16.4 Å². The van der Waals surface area contributed by atoms with Crippen LogP contribution >= 0.6 is 23.1 Å². The number of carbonyl (C=O) groups excluding carboxylic acids is 1. The largest absolute Gasteiger partial charge is 0.461 e. The lowest BCUT2D eigenvalue weighted by Gasteiger charge is -1.96. The van der Waals surface area contributed by atoms with E-state index in [9.17, 15) is 4.79 Å². The van der Waals surface area contributed by atoms with Crippen molar-refractivity contribution in [1.82, 2.24) is 15.0 Å². The molecular formula is C9H9N3O2S2. The number of hydrogen-bond acceptors (Lipinski definition) is 6. The van der Waals surface area contributed by atoms with E-state index in [4.69, 9.17) is 4.74 Å². The van der Waals surface area contributed by atoms with Crippen LogP contribution in [0.3, 0.4) is 0 Å². The van der Waals surface area contributed by atoms with E-state index in [0.29, 0.717) is 17.5 Å². The van der Waals surface area contributed by atoms with Crippen molar-refractivity contribution in [1.29, 1.82) is 0 Å². The van der Waals surface area contributed by atoms with Crippen LogP contribution in [0.25, 0.3) is 0 Å². The second kappa shape index (κ2) is 5.13. The second-order valence-corrected chi connectivity index (χ2v) is 4.85. The zero-order valence-electron chi connectivity index (χ0n) is 8.47. The number of nitrogens with one attached hydrogen (secondary N) is 1. The molecule has 0 radical (unpaired) electrons. The molecule has 2 aromatic rings. The molecule has 0 aliphatic carbocycles. The molecule has 84 valence electrons. The third-order valence-electron chi connectivity index (χ3n) is 1.64. The van der Waals surface area contributed by atoms with Crippen LogP contribution in [-0.4, -0.2) is 27.5 Å².